The largest absolute Gasteiger partial charge is 0.286 e. The van der Waals surface area contributed by atoms with Gasteiger partial charge in [0, 0.05) is 4.90 Å². The summed E-state index contributed by atoms with van der Waals surface area (Å²) in [6, 6.07) is 8.71. The molecular formula is C11H10N2O3S2. The summed E-state index contributed by atoms with van der Waals surface area (Å²) in [5.41, 5.74) is 0.622. The minimum Gasteiger partial charge on any atom is -0.286 e. The van der Waals surface area contributed by atoms with E-state index in [1.54, 1.807) is 18.2 Å². The highest BCUT2D eigenvalue weighted by atomic mass is 32.2. The van der Waals surface area contributed by atoms with Crippen molar-refractivity contribution in [1.29, 1.82) is 10.5 Å². The molecule has 0 saturated carbocycles. The van der Waals surface area contributed by atoms with Crippen LogP contribution in [-0.4, -0.2) is 24.5 Å². The maximum absolute atomic E-state index is 10.5. The van der Waals surface area contributed by atoms with Gasteiger partial charge in [-0.1, -0.05) is 0 Å². The minimum atomic E-state index is -3.91. The van der Waals surface area contributed by atoms with E-state index < -0.39 is 10.1 Å². The molecule has 0 aliphatic heterocycles. The van der Waals surface area contributed by atoms with Gasteiger partial charge in [0.25, 0.3) is 10.1 Å². The van der Waals surface area contributed by atoms with Crippen molar-refractivity contribution in [2.24, 2.45) is 0 Å². The average molecular weight is 282 g/mol. The summed E-state index contributed by atoms with van der Waals surface area (Å²) in [4.78, 5) is 0.792. The van der Waals surface area contributed by atoms with Gasteiger partial charge in [-0.25, -0.2) is 0 Å². The highest BCUT2D eigenvalue weighted by Gasteiger charge is 2.06. The van der Waals surface area contributed by atoms with E-state index >= 15 is 0 Å². The molecule has 94 valence electrons. The predicted molar refractivity (Wildman–Crippen MR) is 67.6 cm³/mol. The highest BCUT2D eigenvalue weighted by molar-refractivity contribution is 7.99. The summed E-state index contributed by atoms with van der Waals surface area (Å²) in [6.45, 7) is 0. The molecule has 0 bridgehead atoms. The van der Waals surface area contributed by atoms with Crippen LogP contribution in [0.5, 0.6) is 0 Å². The molecule has 0 atom stereocenters. The van der Waals surface area contributed by atoms with Gasteiger partial charge in [-0.05, 0) is 30.4 Å². The molecule has 18 heavy (non-hydrogen) atoms. The zero-order valence-corrected chi connectivity index (χ0v) is 11.0. The first-order valence-electron chi connectivity index (χ1n) is 4.98. The zero-order valence-electron chi connectivity index (χ0n) is 9.33. The first-order valence-corrected chi connectivity index (χ1v) is 7.58. The summed E-state index contributed by atoms with van der Waals surface area (Å²) in [6.07, 6.45) is 0.325. The zero-order chi connectivity index (χ0) is 13.6. The number of thioether (sulfide) groups is 1. The first kappa shape index (κ1) is 14.5. The Morgan fingerprint density at radius 2 is 1.89 bits per heavy atom. The van der Waals surface area contributed by atoms with Crippen molar-refractivity contribution in [1.82, 2.24) is 0 Å². The van der Waals surface area contributed by atoms with E-state index in [0.29, 0.717) is 23.3 Å². The smallest absolute Gasteiger partial charge is 0.264 e. The molecule has 5 nitrogen and oxygen atoms in total. The van der Waals surface area contributed by atoms with E-state index in [0.717, 1.165) is 4.90 Å². The number of nitrogens with zero attached hydrogens (tertiary/aromatic N) is 2. The molecule has 1 aromatic carbocycles. The van der Waals surface area contributed by atoms with Gasteiger partial charge in [0.15, 0.2) is 0 Å². The summed E-state index contributed by atoms with van der Waals surface area (Å²) < 4.78 is 29.5. The quantitative estimate of drug-likeness (QED) is 0.502. The molecule has 0 unspecified atom stereocenters. The second-order valence-corrected chi connectivity index (χ2v) is 6.16. The molecule has 0 heterocycles. The number of rotatable bonds is 5. The Kier molecular flexibility index (Phi) is 5.17. The molecule has 0 spiro atoms. The van der Waals surface area contributed by atoms with Crippen LogP contribution in [0.4, 0.5) is 0 Å². The average Bonchev–Trinajstić information content (AvgIpc) is 2.33. The van der Waals surface area contributed by atoms with Gasteiger partial charge in [-0.2, -0.15) is 18.9 Å². The Labute approximate surface area is 110 Å². The third-order valence-corrected chi connectivity index (χ3v) is 3.93. The van der Waals surface area contributed by atoms with Gasteiger partial charge in [0.2, 0.25) is 0 Å². The van der Waals surface area contributed by atoms with Gasteiger partial charge in [0.05, 0.1) is 16.9 Å². The number of nitriles is 2. The lowest BCUT2D eigenvalue weighted by molar-refractivity contribution is 0.482. The SMILES string of the molecule is N#Cc1ccc(SCCCS(=O)(=O)O)cc1C#N. The molecule has 0 radical (unpaired) electrons. The number of hydrogen-bond donors (Lipinski definition) is 1. The molecule has 1 N–H and O–H groups in total. The minimum absolute atomic E-state index is 0.276. The Morgan fingerprint density at radius 3 is 2.44 bits per heavy atom. The molecule has 0 aliphatic carbocycles. The summed E-state index contributed by atoms with van der Waals surface area (Å²) in [7, 11) is -3.91. The highest BCUT2D eigenvalue weighted by Crippen LogP contribution is 2.21. The fourth-order valence-electron chi connectivity index (χ4n) is 1.23. The lowest BCUT2D eigenvalue weighted by Gasteiger charge is -2.02. The van der Waals surface area contributed by atoms with E-state index in [1.807, 2.05) is 12.1 Å². The molecule has 1 aromatic rings. The van der Waals surface area contributed by atoms with E-state index in [2.05, 4.69) is 0 Å². The van der Waals surface area contributed by atoms with Crippen molar-refractivity contribution in [3.63, 3.8) is 0 Å². The Morgan fingerprint density at radius 1 is 1.22 bits per heavy atom. The molecular weight excluding hydrogens is 272 g/mol. The molecule has 0 aliphatic rings. The maximum Gasteiger partial charge on any atom is 0.264 e. The standard InChI is InChI=1S/C11H10N2O3S2/c12-7-9-2-3-11(6-10(9)8-13)17-4-1-5-18(14,15)16/h2-3,6H,1,4-5H2,(H,14,15,16). The number of hydrogen-bond acceptors (Lipinski definition) is 5. The first-order chi connectivity index (χ1) is 8.46. The van der Waals surface area contributed by atoms with Crippen LogP contribution in [0.15, 0.2) is 23.1 Å². The van der Waals surface area contributed by atoms with Gasteiger partial charge in [-0.3, -0.25) is 4.55 Å². The van der Waals surface area contributed by atoms with Gasteiger partial charge < -0.3 is 0 Å². The van der Waals surface area contributed by atoms with Crippen molar-refractivity contribution in [3.05, 3.63) is 29.3 Å². The van der Waals surface area contributed by atoms with Crippen LogP contribution < -0.4 is 0 Å². The van der Waals surface area contributed by atoms with Crippen molar-refractivity contribution in [2.75, 3.05) is 11.5 Å². The lowest BCUT2D eigenvalue weighted by atomic mass is 10.1. The van der Waals surface area contributed by atoms with E-state index in [1.165, 1.54) is 11.8 Å². The molecule has 0 amide bonds. The van der Waals surface area contributed by atoms with Crippen LogP contribution in [0.25, 0.3) is 0 Å². The van der Waals surface area contributed by atoms with Crippen LogP contribution in [0.2, 0.25) is 0 Å². The fourth-order valence-corrected chi connectivity index (χ4v) is 2.82. The monoisotopic (exact) mass is 282 g/mol. The molecule has 0 saturated heterocycles. The third-order valence-electron chi connectivity index (χ3n) is 2.05. The van der Waals surface area contributed by atoms with Crippen LogP contribution >= 0.6 is 11.8 Å². The van der Waals surface area contributed by atoms with Crippen molar-refractivity contribution < 1.29 is 13.0 Å². The lowest BCUT2D eigenvalue weighted by Crippen LogP contribution is -2.04. The van der Waals surface area contributed by atoms with Gasteiger partial charge >= 0.3 is 0 Å². The molecule has 0 fully saturated rings. The normalized spacial score (nSPS) is 10.6. The summed E-state index contributed by atoms with van der Waals surface area (Å²) in [5, 5.41) is 17.6. The fraction of sp³-hybridized carbons (Fsp3) is 0.273. The molecule has 7 heteroatoms. The van der Waals surface area contributed by atoms with E-state index in [9.17, 15) is 8.42 Å². The van der Waals surface area contributed by atoms with Gasteiger partial charge in [0.1, 0.15) is 12.1 Å². The second-order valence-electron chi connectivity index (χ2n) is 3.42. The molecule has 0 aromatic heterocycles. The summed E-state index contributed by atoms with van der Waals surface area (Å²) in [5.74, 6) is 0.234. The van der Waals surface area contributed by atoms with Gasteiger partial charge in [-0.15, -0.1) is 11.8 Å². The molecule has 1 rings (SSSR count). The van der Waals surface area contributed by atoms with Crippen LogP contribution in [0, 0.1) is 22.7 Å². The third kappa shape index (κ3) is 4.76. The predicted octanol–water partition coefficient (Wildman–Crippen LogP) is 1.80. The van der Waals surface area contributed by atoms with E-state index in [-0.39, 0.29) is 5.75 Å². The van der Waals surface area contributed by atoms with E-state index in [4.69, 9.17) is 15.1 Å². The topological polar surface area (TPSA) is 102 Å². The van der Waals surface area contributed by atoms with Crippen LogP contribution in [0.1, 0.15) is 17.5 Å². The maximum atomic E-state index is 10.5. The van der Waals surface area contributed by atoms with Crippen LogP contribution in [0.3, 0.4) is 0 Å². The Hall–Kier alpha value is -1.54. The van der Waals surface area contributed by atoms with Crippen molar-refractivity contribution in [3.8, 4) is 12.1 Å². The Balaban J connectivity index is 2.60. The van der Waals surface area contributed by atoms with Crippen LogP contribution in [-0.2, 0) is 10.1 Å². The number of benzene rings is 1. The Bertz CT molecular complexity index is 612. The second kappa shape index (κ2) is 6.41. The van der Waals surface area contributed by atoms with Crippen molar-refractivity contribution in [2.45, 2.75) is 11.3 Å². The van der Waals surface area contributed by atoms with Crippen molar-refractivity contribution >= 4 is 21.9 Å². The summed E-state index contributed by atoms with van der Waals surface area (Å²) >= 11 is 1.37.